The third kappa shape index (κ3) is 8.29. The quantitative estimate of drug-likeness (QED) is 0.259. The minimum absolute atomic E-state index is 0.246. The number of hydrogen-bond acceptors (Lipinski definition) is 6. The van der Waals surface area contributed by atoms with Gasteiger partial charge >= 0.3 is 5.97 Å². The van der Waals surface area contributed by atoms with Crippen LogP contribution < -0.4 is 11.1 Å². The Morgan fingerprint density at radius 1 is 0.824 bits per heavy atom. The zero-order valence-electron chi connectivity index (χ0n) is 18.4. The molecule has 0 aliphatic rings. The van der Waals surface area contributed by atoms with Crippen molar-refractivity contribution >= 4 is 40.5 Å². The second-order valence-corrected chi connectivity index (χ2v) is 8.57. The van der Waals surface area contributed by atoms with E-state index in [9.17, 15) is 9.90 Å². The molecule has 0 unspecified atom stereocenters. The molecule has 3 aromatic rings. The van der Waals surface area contributed by atoms with Crippen molar-refractivity contribution in [2.45, 2.75) is 18.4 Å². The average Bonchev–Trinajstić information content (AvgIpc) is 2.85. The standard InChI is InChI=1S/C21H17Cl2NO2.C4H11NO3/c22-18-12-9-15(13-19(18)23)6-5-14-7-10-16(11-8-14)24-20-4-2-1-3-17(20)21(25)26;5-4(1-6,2-7)3-8/h1-4,7-13,24H,5-6H2,(H,25,26);6-8H,1-3,5H2. The first kappa shape index (κ1) is 27.6. The van der Waals surface area contributed by atoms with Gasteiger partial charge in [0.2, 0.25) is 0 Å². The van der Waals surface area contributed by atoms with Crippen molar-refractivity contribution in [2.24, 2.45) is 5.73 Å². The van der Waals surface area contributed by atoms with Crippen LogP contribution in [-0.4, -0.2) is 51.8 Å². The van der Waals surface area contributed by atoms with Gasteiger partial charge in [0, 0.05) is 5.69 Å². The molecule has 0 saturated heterocycles. The van der Waals surface area contributed by atoms with E-state index in [0.29, 0.717) is 15.7 Å². The number of aromatic carboxylic acids is 1. The smallest absolute Gasteiger partial charge is 0.337 e. The summed E-state index contributed by atoms with van der Waals surface area (Å²) in [6.07, 6.45) is 1.75. The normalized spacial score (nSPS) is 10.9. The number of carboxylic acid groups (broad SMARTS) is 1. The monoisotopic (exact) mass is 506 g/mol. The van der Waals surface area contributed by atoms with E-state index < -0.39 is 31.3 Å². The minimum Gasteiger partial charge on any atom is -0.478 e. The van der Waals surface area contributed by atoms with Gasteiger partial charge in [0.1, 0.15) is 0 Å². The molecule has 0 aliphatic heterocycles. The van der Waals surface area contributed by atoms with Crippen LogP contribution in [0.1, 0.15) is 21.5 Å². The van der Waals surface area contributed by atoms with Crippen LogP contribution in [0, 0.1) is 0 Å². The fourth-order valence-corrected chi connectivity index (χ4v) is 3.14. The number of aliphatic hydroxyl groups is 3. The summed E-state index contributed by atoms with van der Waals surface area (Å²) in [5.74, 6) is -0.952. The van der Waals surface area contributed by atoms with Crippen LogP contribution in [0.25, 0.3) is 0 Å². The van der Waals surface area contributed by atoms with Crippen molar-refractivity contribution in [2.75, 3.05) is 25.1 Å². The van der Waals surface area contributed by atoms with Crippen molar-refractivity contribution in [3.8, 4) is 0 Å². The van der Waals surface area contributed by atoms with E-state index >= 15 is 0 Å². The molecule has 0 aliphatic carbocycles. The van der Waals surface area contributed by atoms with Gasteiger partial charge in [0.25, 0.3) is 0 Å². The molecule has 0 amide bonds. The number of carboxylic acids is 1. The number of nitrogens with one attached hydrogen (secondary N) is 1. The van der Waals surface area contributed by atoms with E-state index in [4.69, 9.17) is 44.3 Å². The molecule has 0 spiro atoms. The number of hydrogen-bond donors (Lipinski definition) is 6. The van der Waals surface area contributed by atoms with Crippen LogP contribution in [0.15, 0.2) is 66.7 Å². The maximum absolute atomic E-state index is 11.3. The Morgan fingerprint density at radius 3 is 1.91 bits per heavy atom. The number of aryl methyl sites for hydroxylation is 2. The summed E-state index contributed by atoms with van der Waals surface area (Å²) in [4.78, 5) is 11.3. The van der Waals surface area contributed by atoms with Gasteiger partial charge in [-0.1, -0.05) is 53.5 Å². The van der Waals surface area contributed by atoms with Crippen LogP contribution in [0.5, 0.6) is 0 Å². The molecule has 7 nitrogen and oxygen atoms in total. The minimum atomic E-state index is -1.21. The van der Waals surface area contributed by atoms with E-state index in [1.54, 1.807) is 24.3 Å². The zero-order chi connectivity index (χ0) is 25.1. The number of para-hydroxylation sites is 1. The fourth-order valence-electron chi connectivity index (χ4n) is 2.82. The van der Waals surface area contributed by atoms with Crippen LogP contribution >= 0.6 is 23.2 Å². The summed E-state index contributed by atoms with van der Waals surface area (Å²) in [6.45, 7) is -1.21. The second kappa shape index (κ2) is 13.3. The Kier molecular flexibility index (Phi) is 10.8. The molecular formula is C25H28Cl2N2O5. The van der Waals surface area contributed by atoms with Crippen molar-refractivity contribution in [1.29, 1.82) is 0 Å². The molecule has 0 bridgehead atoms. The zero-order valence-corrected chi connectivity index (χ0v) is 19.9. The Hall–Kier alpha value is -2.65. The molecule has 0 saturated carbocycles. The van der Waals surface area contributed by atoms with Crippen LogP contribution in [0.3, 0.4) is 0 Å². The summed E-state index contributed by atoms with van der Waals surface area (Å²) in [5.41, 5.74) is 7.93. The van der Waals surface area contributed by atoms with Gasteiger partial charge in [-0.15, -0.1) is 0 Å². The van der Waals surface area contributed by atoms with Crippen LogP contribution in [0.4, 0.5) is 11.4 Å². The molecule has 0 atom stereocenters. The molecule has 3 rings (SSSR count). The Morgan fingerprint density at radius 2 is 1.38 bits per heavy atom. The molecule has 34 heavy (non-hydrogen) atoms. The molecule has 0 heterocycles. The first-order valence-electron chi connectivity index (χ1n) is 10.4. The predicted molar refractivity (Wildman–Crippen MR) is 135 cm³/mol. The van der Waals surface area contributed by atoms with Crippen molar-refractivity contribution in [1.82, 2.24) is 0 Å². The Balaban J connectivity index is 0.000000440. The highest BCUT2D eigenvalue weighted by atomic mass is 35.5. The summed E-state index contributed by atoms with van der Waals surface area (Å²) < 4.78 is 0. The highest BCUT2D eigenvalue weighted by Crippen LogP contribution is 2.24. The summed E-state index contributed by atoms with van der Waals surface area (Å²) in [7, 11) is 0. The van der Waals surface area contributed by atoms with Gasteiger partial charge in [0.15, 0.2) is 0 Å². The van der Waals surface area contributed by atoms with Crippen LogP contribution in [-0.2, 0) is 12.8 Å². The van der Waals surface area contributed by atoms with Gasteiger partial charge in [-0.05, 0) is 60.4 Å². The lowest BCUT2D eigenvalue weighted by Crippen LogP contribution is -2.50. The highest BCUT2D eigenvalue weighted by Gasteiger charge is 2.20. The number of anilines is 2. The number of nitrogens with two attached hydrogens (primary N) is 1. The SMILES string of the molecule is NC(CO)(CO)CO.O=C(O)c1ccccc1Nc1ccc(CCc2ccc(Cl)c(Cl)c2)cc1. The molecule has 0 fully saturated rings. The first-order chi connectivity index (χ1) is 16.2. The number of rotatable bonds is 9. The lowest BCUT2D eigenvalue weighted by molar-refractivity contribution is 0.0692. The van der Waals surface area contributed by atoms with E-state index in [-0.39, 0.29) is 5.56 Å². The number of halogens is 2. The van der Waals surface area contributed by atoms with Gasteiger partial charge in [-0.3, -0.25) is 0 Å². The highest BCUT2D eigenvalue weighted by molar-refractivity contribution is 6.42. The predicted octanol–water partition coefficient (Wildman–Crippen LogP) is 3.88. The maximum atomic E-state index is 11.3. The number of benzene rings is 3. The lowest BCUT2D eigenvalue weighted by atomic mass is 10.0. The Bertz CT molecular complexity index is 1060. The molecule has 0 radical (unpaired) electrons. The average molecular weight is 507 g/mol. The topological polar surface area (TPSA) is 136 Å². The van der Waals surface area contributed by atoms with Crippen molar-refractivity contribution < 1.29 is 25.2 Å². The van der Waals surface area contributed by atoms with Gasteiger partial charge in [0.05, 0.1) is 46.7 Å². The summed E-state index contributed by atoms with van der Waals surface area (Å²) in [5, 5.41) is 38.6. The first-order valence-corrected chi connectivity index (χ1v) is 11.2. The van der Waals surface area contributed by atoms with Crippen LogP contribution in [0.2, 0.25) is 10.0 Å². The number of aliphatic hydroxyl groups excluding tert-OH is 3. The lowest BCUT2D eigenvalue weighted by Gasteiger charge is -2.20. The van der Waals surface area contributed by atoms with Gasteiger partial charge in [-0.2, -0.15) is 0 Å². The molecule has 3 aromatic carbocycles. The Labute approximate surface area is 208 Å². The second-order valence-electron chi connectivity index (χ2n) is 7.76. The van der Waals surface area contributed by atoms with E-state index in [1.807, 2.05) is 42.5 Å². The molecule has 0 aromatic heterocycles. The molecule has 182 valence electrons. The largest absolute Gasteiger partial charge is 0.478 e. The van der Waals surface area contributed by atoms with Crippen molar-refractivity contribution in [3.05, 3.63) is 93.5 Å². The summed E-state index contributed by atoms with van der Waals surface area (Å²) >= 11 is 12.0. The maximum Gasteiger partial charge on any atom is 0.337 e. The summed E-state index contributed by atoms with van der Waals surface area (Å²) in [6, 6.07) is 20.5. The van der Waals surface area contributed by atoms with Crippen molar-refractivity contribution in [3.63, 3.8) is 0 Å². The van der Waals surface area contributed by atoms with Gasteiger partial charge in [-0.25, -0.2) is 4.79 Å². The van der Waals surface area contributed by atoms with E-state index in [1.165, 1.54) is 5.56 Å². The molecule has 9 heteroatoms. The third-order valence-electron chi connectivity index (χ3n) is 5.02. The molecule has 7 N–H and O–H groups in total. The fraction of sp³-hybridized carbons (Fsp3) is 0.240. The van der Waals surface area contributed by atoms with E-state index in [0.717, 1.165) is 24.1 Å². The van der Waals surface area contributed by atoms with E-state index in [2.05, 4.69) is 5.32 Å². The number of carbonyl (C=O) groups is 1. The molecular weight excluding hydrogens is 479 g/mol. The third-order valence-corrected chi connectivity index (χ3v) is 5.76. The van der Waals surface area contributed by atoms with Gasteiger partial charge < -0.3 is 31.5 Å².